The van der Waals surface area contributed by atoms with Crippen LogP contribution in [0.15, 0.2) is 24.3 Å². The third-order valence-corrected chi connectivity index (χ3v) is 2.87. The van der Waals surface area contributed by atoms with Gasteiger partial charge in [-0.25, -0.2) is 5.84 Å². The molecule has 0 fully saturated rings. The van der Waals surface area contributed by atoms with Crippen LogP contribution in [-0.2, 0) is 6.54 Å². The summed E-state index contributed by atoms with van der Waals surface area (Å²) in [5.41, 5.74) is 3.90. The van der Waals surface area contributed by atoms with E-state index in [1.165, 1.54) is 0 Å². The highest BCUT2D eigenvalue weighted by Gasteiger charge is 2.12. The summed E-state index contributed by atoms with van der Waals surface area (Å²) in [7, 11) is 0. The van der Waals surface area contributed by atoms with Crippen LogP contribution in [0.4, 0.5) is 0 Å². The molecule has 4 nitrogen and oxygen atoms in total. The van der Waals surface area contributed by atoms with E-state index < -0.39 is 0 Å². The van der Waals surface area contributed by atoms with Crippen molar-refractivity contribution < 1.29 is 4.79 Å². The summed E-state index contributed by atoms with van der Waals surface area (Å²) in [6.45, 7) is 7.23. The minimum absolute atomic E-state index is 0.224. The zero-order valence-corrected chi connectivity index (χ0v) is 11.3. The van der Waals surface area contributed by atoms with Gasteiger partial charge in [-0.2, -0.15) is 0 Å². The van der Waals surface area contributed by atoms with Crippen molar-refractivity contribution in [3.63, 3.8) is 0 Å². The van der Waals surface area contributed by atoms with E-state index in [0.717, 1.165) is 38.0 Å². The first-order valence-corrected chi connectivity index (χ1v) is 6.54. The van der Waals surface area contributed by atoms with E-state index >= 15 is 0 Å². The van der Waals surface area contributed by atoms with Gasteiger partial charge in [0.1, 0.15) is 0 Å². The molecule has 1 aromatic carbocycles. The Bertz CT molecular complexity index is 373. The maximum atomic E-state index is 11.7. The van der Waals surface area contributed by atoms with Gasteiger partial charge in [0, 0.05) is 12.1 Å². The molecule has 0 aliphatic rings. The molecule has 100 valence electrons. The van der Waals surface area contributed by atoms with Gasteiger partial charge in [0.05, 0.1) is 0 Å². The number of benzene rings is 1. The van der Waals surface area contributed by atoms with Gasteiger partial charge in [-0.15, -0.1) is 0 Å². The monoisotopic (exact) mass is 249 g/mol. The number of hydrogen-bond acceptors (Lipinski definition) is 3. The Morgan fingerprint density at radius 3 is 2.39 bits per heavy atom. The number of carbonyl (C=O) groups is 1. The molecule has 0 heterocycles. The fraction of sp³-hybridized carbons (Fsp3) is 0.500. The first kappa shape index (κ1) is 14.7. The predicted molar refractivity (Wildman–Crippen MR) is 74.0 cm³/mol. The maximum Gasteiger partial charge on any atom is 0.265 e. The zero-order chi connectivity index (χ0) is 13.4. The zero-order valence-electron chi connectivity index (χ0n) is 11.3. The lowest BCUT2D eigenvalue weighted by Gasteiger charge is -2.22. The Balaban J connectivity index is 2.84. The van der Waals surface area contributed by atoms with Crippen molar-refractivity contribution in [3.8, 4) is 0 Å². The molecule has 0 aliphatic heterocycles. The van der Waals surface area contributed by atoms with Crippen LogP contribution in [0, 0.1) is 0 Å². The van der Waals surface area contributed by atoms with Crippen LogP contribution < -0.4 is 11.3 Å². The van der Waals surface area contributed by atoms with Crippen molar-refractivity contribution in [2.75, 3.05) is 13.1 Å². The lowest BCUT2D eigenvalue weighted by molar-refractivity contribution is 0.0951. The molecule has 1 amide bonds. The molecule has 4 heteroatoms. The van der Waals surface area contributed by atoms with Crippen LogP contribution in [0.5, 0.6) is 0 Å². The Morgan fingerprint density at radius 1 is 1.22 bits per heavy atom. The van der Waals surface area contributed by atoms with Gasteiger partial charge in [0.2, 0.25) is 0 Å². The van der Waals surface area contributed by atoms with Crippen LogP contribution in [-0.4, -0.2) is 23.9 Å². The molecule has 1 rings (SSSR count). The minimum Gasteiger partial charge on any atom is -0.299 e. The van der Waals surface area contributed by atoms with E-state index in [4.69, 9.17) is 5.84 Å². The molecule has 1 aromatic rings. The molecule has 0 aliphatic carbocycles. The summed E-state index contributed by atoms with van der Waals surface area (Å²) in [5.74, 6) is 4.98. The number of hydrogen-bond donors (Lipinski definition) is 2. The molecule has 0 aromatic heterocycles. The molecule has 0 spiro atoms. The van der Waals surface area contributed by atoms with Crippen LogP contribution in [0.2, 0.25) is 0 Å². The Morgan fingerprint density at radius 2 is 1.83 bits per heavy atom. The SMILES string of the molecule is CCCN(CCC)Cc1ccccc1C(=O)NN. The molecule has 0 saturated heterocycles. The molecule has 0 radical (unpaired) electrons. The summed E-state index contributed by atoms with van der Waals surface area (Å²) in [6, 6.07) is 7.62. The Labute approximate surface area is 109 Å². The van der Waals surface area contributed by atoms with Gasteiger partial charge >= 0.3 is 0 Å². The van der Waals surface area contributed by atoms with E-state index in [9.17, 15) is 4.79 Å². The van der Waals surface area contributed by atoms with Crippen molar-refractivity contribution in [3.05, 3.63) is 35.4 Å². The average molecular weight is 249 g/mol. The second kappa shape index (κ2) is 7.84. The molecule has 0 bridgehead atoms. The molecule has 3 N–H and O–H groups in total. The van der Waals surface area contributed by atoms with E-state index in [2.05, 4.69) is 24.2 Å². The van der Waals surface area contributed by atoms with Gasteiger partial charge in [0.25, 0.3) is 5.91 Å². The topological polar surface area (TPSA) is 58.4 Å². The minimum atomic E-state index is -0.224. The van der Waals surface area contributed by atoms with Crippen LogP contribution >= 0.6 is 0 Å². The fourth-order valence-corrected chi connectivity index (χ4v) is 2.10. The predicted octanol–water partition coefficient (Wildman–Crippen LogP) is 1.91. The van der Waals surface area contributed by atoms with Gasteiger partial charge in [0.15, 0.2) is 0 Å². The van der Waals surface area contributed by atoms with E-state index in [1.54, 1.807) is 0 Å². The van der Waals surface area contributed by atoms with Gasteiger partial charge < -0.3 is 0 Å². The van der Waals surface area contributed by atoms with E-state index in [-0.39, 0.29) is 5.91 Å². The molecular formula is C14H23N3O. The van der Waals surface area contributed by atoms with Gasteiger partial charge in [-0.3, -0.25) is 15.1 Å². The third kappa shape index (κ3) is 4.13. The number of carbonyl (C=O) groups excluding carboxylic acids is 1. The summed E-state index contributed by atoms with van der Waals surface area (Å²) >= 11 is 0. The number of nitrogens with zero attached hydrogens (tertiary/aromatic N) is 1. The maximum absolute atomic E-state index is 11.7. The quantitative estimate of drug-likeness (QED) is 0.441. The number of nitrogen functional groups attached to an aromatic ring is 1. The molecule has 0 unspecified atom stereocenters. The summed E-state index contributed by atoms with van der Waals surface area (Å²) in [5, 5.41) is 0. The van der Waals surface area contributed by atoms with Crippen molar-refractivity contribution in [1.29, 1.82) is 0 Å². The number of amides is 1. The van der Waals surface area contributed by atoms with Crippen LogP contribution in [0.1, 0.15) is 42.6 Å². The van der Waals surface area contributed by atoms with Crippen molar-refractivity contribution in [1.82, 2.24) is 10.3 Å². The molecular weight excluding hydrogens is 226 g/mol. The van der Waals surface area contributed by atoms with Crippen molar-refractivity contribution >= 4 is 5.91 Å². The van der Waals surface area contributed by atoms with Crippen LogP contribution in [0.25, 0.3) is 0 Å². The van der Waals surface area contributed by atoms with E-state index in [0.29, 0.717) is 5.56 Å². The lowest BCUT2D eigenvalue weighted by Crippen LogP contribution is -2.32. The number of nitrogens with one attached hydrogen (secondary N) is 1. The third-order valence-electron chi connectivity index (χ3n) is 2.87. The van der Waals surface area contributed by atoms with Crippen LogP contribution in [0.3, 0.4) is 0 Å². The first-order chi connectivity index (χ1) is 8.72. The first-order valence-electron chi connectivity index (χ1n) is 6.54. The summed E-state index contributed by atoms with van der Waals surface area (Å²) in [4.78, 5) is 14.0. The standard InChI is InChI=1S/C14H23N3O/c1-3-9-17(10-4-2)11-12-7-5-6-8-13(12)14(18)16-15/h5-8H,3-4,9-11,15H2,1-2H3,(H,16,18). The number of nitrogens with two attached hydrogens (primary N) is 1. The summed E-state index contributed by atoms with van der Waals surface area (Å²) < 4.78 is 0. The second-order valence-electron chi connectivity index (χ2n) is 4.41. The second-order valence-corrected chi connectivity index (χ2v) is 4.41. The molecule has 0 saturated carbocycles. The largest absolute Gasteiger partial charge is 0.299 e. The lowest BCUT2D eigenvalue weighted by atomic mass is 10.1. The normalized spacial score (nSPS) is 10.7. The smallest absolute Gasteiger partial charge is 0.265 e. The Kier molecular flexibility index (Phi) is 6.39. The highest BCUT2D eigenvalue weighted by molar-refractivity contribution is 5.95. The molecule has 0 atom stereocenters. The van der Waals surface area contributed by atoms with Gasteiger partial charge in [-0.1, -0.05) is 32.0 Å². The van der Waals surface area contributed by atoms with E-state index in [1.807, 2.05) is 24.3 Å². The average Bonchev–Trinajstić information content (AvgIpc) is 2.39. The highest BCUT2D eigenvalue weighted by atomic mass is 16.2. The van der Waals surface area contributed by atoms with Crippen molar-refractivity contribution in [2.45, 2.75) is 33.2 Å². The summed E-state index contributed by atoms with van der Waals surface area (Å²) in [6.07, 6.45) is 2.23. The Hall–Kier alpha value is -1.39. The number of hydrazine groups is 1. The number of rotatable bonds is 7. The highest BCUT2D eigenvalue weighted by Crippen LogP contribution is 2.12. The molecule has 18 heavy (non-hydrogen) atoms. The van der Waals surface area contributed by atoms with Gasteiger partial charge in [-0.05, 0) is 37.6 Å². The fourth-order valence-electron chi connectivity index (χ4n) is 2.10. The van der Waals surface area contributed by atoms with Crippen molar-refractivity contribution in [2.24, 2.45) is 5.84 Å².